The number of carbonyl (C=O) groups excluding carboxylic acids is 1. The molecule has 0 bridgehead atoms. The highest BCUT2D eigenvalue weighted by Gasteiger charge is 2.12. The number of anilines is 2. The van der Waals surface area contributed by atoms with Crippen molar-refractivity contribution in [3.63, 3.8) is 0 Å². The topological polar surface area (TPSA) is 66.9 Å². The van der Waals surface area contributed by atoms with Gasteiger partial charge in [-0.1, -0.05) is 79.4 Å². The molecular formula is C21H24N4OS2. The van der Waals surface area contributed by atoms with Gasteiger partial charge in [0.25, 0.3) is 0 Å². The molecule has 0 aliphatic carbocycles. The number of carbonyl (C=O) groups is 1. The van der Waals surface area contributed by atoms with Crippen molar-refractivity contribution < 1.29 is 4.79 Å². The van der Waals surface area contributed by atoms with Crippen LogP contribution >= 0.6 is 23.1 Å². The number of aromatic nitrogens is 2. The van der Waals surface area contributed by atoms with E-state index in [-0.39, 0.29) is 11.9 Å². The molecule has 1 amide bonds. The molecule has 0 saturated carbocycles. The van der Waals surface area contributed by atoms with Gasteiger partial charge in [0.15, 0.2) is 4.34 Å². The predicted molar refractivity (Wildman–Crippen MR) is 117 cm³/mol. The molecule has 0 spiro atoms. The first-order valence-corrected chi connectivity index (χ1v) is 11.0. The third kappa shape index (κ3) is 5.81. The lowest BCUT2D eigenvalue weighted by atomic mass is 10.0. The molecule has 0 radical (unpaired) electrons. The Bertz CT molecular complexity index is 894. The molecule has 3 rings (SSSR count). The number of hydrogen-bond acceptors (Lipinski definition) is 6. The van der Waals surface area contributed by atoms with Crippen LogP contribution in [0.1, 0.15) is 43.9 Å². The highest BCUT2D eigenvalue weighted by molar-refractivity contribution is 8.01. The van der Waals surface area contributed by atoms with Gasteiger partial charge in [-0.2, -0.15) is 0 Å². The van der Waals surface area contributed by atoms with Crippen LogP contribution in [-0.2, 0) is 4.79 Å². The van der Waals surface area contributed by atoms with Crippen LogP contribution in [0.25, 0.3) is 0 Å². The van der Waals surface area contributed by atoms with Crippen LogP contribution < -0.4 is 10.6 Å². The Hall–Kier alpha value is -2.38. The number of rotatable bonds is 8. The van der Waals surface area contributed by atoms with E-state index in [2.05, 4.69) is 46.8 Å². The standard InChI is InChI=1S/C21H24N4OS2/c1-14(2)16-9-11-18(12-10-16)23-20-24-25-21(28-20)27-13-19(26)22-15(3)17-7-5-4-6-8-17/h4-12,14-15H,13H2,1-3H3,(H,22,26)(H,23,24). The van der Waals surface area contributed by atoms with Gasteiger partial charge in [0.2, 0.25) is 11.0 Å². The summed E-state index contributed by atoms with van der Waals surface area (Å²) in [4.78, 5) is 12.2. The molecule has 3 aromatic rings. The minimum absolute atomic E-state index is 0.0182. The first kappa shape index (κ1) is 20.4. The van der Waals surface area contributed by atoms with Crippen LogP contribution in [-0.4, -0.2) is 21.9 Å². The van der Waals surface area contributed by atoms with Gasteiger partial charge in [-0.3, -0.25) is 4.79 Å². The third-order valence-corrected chi connectivity index (χ3v) is 6.21. The van der Waals surface area contributed by atoms with Crippen LogP contribution in [0.5, 0.6) is 0 Å². The van der Waals surface area contributed by atoms with Gasteiger partial charge >= 0.3 is 0 Å². The number of benzene rings is 2. The highest BCUT2D eigenvalue weighted by Crippen LogP contribution is 2.28. The lowest BCUT2D eigenvalue weighted by Gasteiger charge is -2.13. The minimum Gasteiger partial charge on any atom is -0.349 e. The number of hydrogen-bond donors (Lipinski definition) is 2. The molecule has 1 atom stereocenters. The zero-order chi connectivity index (χ0) is 19.9. The van der Waals surface area contributed by atoms with E-state index in [0.717, 1.165) is 20.7 Å². The van der Waals surface area contributed by atoms with Gasteiger partial charge < -0.3 is 10.6 Å². The second kappa shape index (κ2) is 9.71. The molecule has 0 fully saturated rings. The molecule has 2 aromatic carbocycles. The molecule has 1 unspecified atom stereocenters. The Morgan fingerprint density at radius 1 is 1.00 bits per heavy atom. The summed E-state index contributed by atoms with van der Waals surface area (Å²) in [6, 6.07) is 18.2. The van der Waals surface area contributed by atoms with Gasteiger partial charge in [-0.15, -0.1) is 10.2 Å². The minimum atomic E-state index is -0.0187. The maximum Gasteiger partial charge on any atom is 0.230 e. The molecule has 2 N–H and O–H groups in total. The summed E-state index contributed by atoms with van der Waals surface area (Å²) in [6.07, 6.45) is 0. The summed E-state index contributed by atoms with van der Waals surface area (Å²) in [7, 11) is 0. The zero-order valence-electron chi connectivity index (χ0n) is 16.2. The molecule has 28 heavy (non-hydrogen) atoms. The second-order valence-electron chi connectivity index (χ2n) is 6.76. The van der Waals surface area contributed by atoms with Crippen LogP contribution in [0.4, 0.5) is 10.8 Å². The van der Waals surface area contributed by atoms with Crippen molar-refractivity contribution in [1.82, 2.24) is 15.5 Å². The maximum atomic E-state index is 12.2. The van der Waals surface area contributed by atoms with Crippen molar-refractivity contribution in [1.29, 1.82) is 0 Å². The van der Waals surface area contributed by atoms with Crippen molar-refractivity contribution in [2.24, 2.45) is 0 Å². The Morgan fingerprint density at radius 3 is 2.39 bits per heavy atom. The van der Waals surface area contributed by atoms with Crippen molar-refractivity contribution in [2.75, 3.05) is 11.1 Å². The average Bonchev–Trinajstić information content (AvgIpc) is 3.15. The lowest BCUT2D eigenvalue weighted by Crippen LogP contribution is -2.28. The summed E-state index contributed by atoms with van der Waals surface area (Å²) in [5.74, 6) is 0.805. The second-order valence-corrected chi connectivity index (χ2v) is 8.96. The van der Waals surface area contributed by atoms with Gasteiger partial charge in [0.1, 0.15) is 0 Å². The van der Waals surface area contributed by atoms with E-state index >= 15 is 0 Å². The molecule has 146 valence electrons. The van der Waals surface area contributed by atoms with E-state index in [1.54, 1.807) is 0 Å². The van der Waals surface area contributed by atoms with E-state index in [1.165, 1.54) is 28.7 Å². The molecule has 0 aliphatic heterocycles. The Balaban J connectivity index is 1.48. The number of nitrogens with zero attached hydrogens (tertiary/aromatic N) is 2. The van der Waals surface area contributed by atoms with Crippen LogP contribution in [0.2, 0.25) is 0 Å². The first-order valence-electron chi connectivity index (χ1n) is 9.19. The van der Waals surface area contributed by atoms with Gasteiger partial charge in [0.05, 0.1) is 11.8 Å². The SMILES string of the molecule is CC(C)c1ccc(Nc2nnc(SCC(=O)NC(C)c3ccccc3)s2)cc1. The van der Waals surface area contributed by atoms with Crippen molar-refractivity contribution >= 4 is 39.8 Å². The van der Waals surface area contributed by atoms with Gasteiger partial charge in [-0.05, 0) is 36.1 Å². The summed E-state index contributed by atoms with van der Waals surface area (Å²) in [6.45, 7) is 6.33. The lowest BCUT2D eigenvalue weighted by molar-refractivity contribution is -0.119. The quantitative estimate of drug-likeness (QED) is 0.487. The Kier molecular flexibility index (Phi) is 7.06. The molecular weight excluding hydrogens is 388 g/mol. The summed E-state index contributed by atoms with van der Waals surface area (Å²) >= 11 is 2.84. The number of thioether (sulfide) groups is 1. The molecule has 7 heteroatoms. The van der Waals surface area contributed by atoms with E-state index < -0.39 is 0 Å². The smallest absolute Gasteiger partial charge is 0.230 e. The van der Waals surface area contributed by atoms with Gasteiger partial charge in [-0.25, -0.2) is 0 Å². The largest absolute Gasteiger partial charge is 0.349 e. The average molecular weight is 413 g/mol. The fraction of sp³-hybridized carbons (Fsp3) is 0.286. The predicted octanol–water partition coefficient (Wildman–Crippen LogP) is 5.37. The van der Waals surface area contributed by atoms with Crippen LogP contribution in [0.15, 0.2) is 58.9 Å². The fourth-order valence-corrected chi connectivity index (χ4v) is 4.21. The van der Waals surface area contributed by atoms with Crippen LogP contribution in [0.3, 0.4) is 0 Å². The van der Waals surface area contributed by atoms with Gasteiger partial charge in [0, 0.05) is 5.69 Å². The summed E-state index contributed by atoms with van der Waals surface area (Å²) < 4.78 is 0.767. The van der Waals surface area contributed by atoms with E-state index in [9.17, 15) is 4.79 Å². The highest BCUT2D eigenvalue weighted by atomic mass is 32.2. The van der Waals surface area contributed by atoms with E-state index in [0.29, 0.717) is 11.7 Å². The van der Waals surface area contributed by atoms with Crippen molar-refractivity contribution in [3.8, 4) is 0 Å². The first-order chi connectivity index (χ1) is 13.5. The maximum absolute atomic E-state index is 12.2. The number of nitrogens with one attached hydrogen (secondary N) is 2. The van der Waals surface area contributed by atoms with Crippen molar-refractivity contribution in [3.05, 3.63) is 65.7 Å². The molecule has 5 nitrogen and oxygen atoms in total. The molecule has 0 aliphatic rings. The summed E-state index contributed by atoms with van der Waals surface area (Å²) in [5, 5.41) is 15.3. The monoisotopic (exact) mass is 412 g/mol. The fourth-order valence-electron chi connectivity index (χ4n) is 2.63. The molecule has 1 aromatic heterocycles. The Labute approximate surface area is 174 Å². The van der Waals surface area contributed by atoms with E-state index in [4.69, 9.17) is 0 Å². The molecule has 1 heterocycles. The third-order valence-electron chi connectivity index (χ3n) is 4.24. The van der Waals surface area contributed by atoms with Crippen molar-refractivity contribution in [2.45, 2.75) is 37.1 Å². The van der Waals surface area contributed by atoms with E-state index in [1.807, 2.05) is 49.4 Å². The molecule has 0 saturated heterocycles. The van der Waals surface area contributed by atoms with Crippen LogP contribution in [0, 0.1) is 0 Å². The number of amides is 1. The summed E-state index contributed by atoms with van der Waals surface area (Å²) in [5.41, 5.74) is 3.37. The normalized spacial score (nSPS) is 12.0. The zero-order valence-corrected chi connectivity index (χ0v) is 17.8. The Morgan fingerprint density at radius 2 is 1.71 bits per heavy atom.